The van der Waals surface area contributed by atoms with Crippen LogP contribution in [0.2, 0.25) is 0 Å². The van der Waals surface area contributed by atoms with E-state index in [2.05, 4.69) is 5.10 Å². The van der Waals surface area contributed by atoms with Crippen molar-refractivity contribution in [2.45, 2.75) is 23.6 Å². The normalized spacial score (nSPS) is 25.4. The molecule has 2 N–H and O–H groups in total. The fraction of sp³-hybridized carbons (Fsp3) is 0.556. The summed E-state index contributed by atoms with van der Waals surface area (Å²) in [5.41, 5.74) is 0. The summed E-state index contributed by atoms with van der Waals surface area (Å²) in [5.74, 6) is -1.27. The van der Waals surface area contributed by atoms with Crippen LogP contribution in [-0.2, 0) is 21.9 Å². The molecule has 2 unspecified atom stereocenters. The number of carboxylic acids is 1. The molecule has 0 spiro atoms. The van der Waals surface area contributed by atoms with Crippen LogP contribution in [0.25, 0.3) is 0 Å². The highest BCUT2D eigenvalue weighted by Crippen LogP contribution is 2.26. The minimum atomic E-state index is -3.96. The average molecular weight is 275 g/mol. The van der Waals surface area contributed by atoms with Gasteiger partial charge in [0.2, 0.25) is 0 Å². The van der Waals surface area contributed by atoms with Crippen LogP contribution in [-0.4, -0.2) is 57.4 Å². The Labute approximate surface area is 103 Å². The topological polar surface area (TPSA) is 113 Å². The predicted octanol–water partition coefficient (Wildman–Crippen LogP) is -1.37. The molecule has 0 saturated carbocycles. The second kappa shape index (κ2) is 4.34. The SMILES string of the molecule is Cn1nccc1S(=O)(=O)N1CC(O)CC1C(=O)O. The molecule has 100 valence electrons. The molecule has 0 radical (unpaired) electrons. The minimum Gasteiger partial charge on any atom is -0.480 e. The highest BCUT2D eigenvalue weighted by atomic mass is 32.2. The third-order valence-electron chi connectivity index (χ3n) is 2.87. The number of hydrogen-bond acceptors (Lipinski definition) is 5. The largest absolute Gasteiger partial charge is 0.480 e. The van der Waals surface area contributed by atoms with E-state index < -0.39 is 28.1 Å². The molecule has 0 aromatic carbocycles. The van der Waals surface area contributed by atoms with Crippen LogP contribution in [0.15, 0.2) is 17.3 Å². The first-order valence-electron chi connectivity index (χ1n) is 5.24. The average Bonchev–Trinajstić information content (AvgIpc) is 2.84. The van der Waals surface area contributed by atoms with E-state index >= 15 is 0 Å². The first-order chi connectivity index (χ1) is 8.34. The Morgan fingerprint density at radius 3 is 2.72 bits per heavy atom. The molecule has 2 heterocycles. The van der Waals surface area contributed by atoms with Crippen LogP contribution in [0, 0.1) is 0 Å². The fourth-order valence-electron chi connectivity index (χ4n) is 2.01. The molecule has 1 fully saturated rings. The molecule has 18 heavy (non-hydrogen) atoms. The van der Waals surface area contributed by atoms with Crippen LogP contribution in [0.1, 0.15) is 6.42 Å². The van der Waals surface area contributed by atoms with E-state index in [1.807, 2.05) is 0 Å². The monoisotopic (exact) mass is 275 g/mol. The van der Waals surface area contributed by atoms with Gasteiger partial charge in [-0.1, -0.05) is 0 Å². The summed E-state index contributed by atoms with van der Waals surface area (Å²) in [7, 11) is -2.51. The fourth-order valence-corrected chi connectivity index (χ4v) is 3.74. The van der Waals surface area contributed by atoms with Crippen LogP contribution in [0.5, 0.6) is 0 Å². The quantitative estimate of drug-likeness (QED) is 0.703. The van der Waals surface area contributed by atoms with Crippen LogP contribution in [0.4, 0.5) is 0 Å². The van der Waals surface area contributed by atoms with Gasteiger partial charge in [-0.15, -0.1) is 0 Å². The molecule has 2 atom stereocenters. The molecule has 1 saturated heterocycles. The second-order valence-corrected chi connectivity index (χ2v) is 5.95. The molecule has 2 rings (SSSR count). The smallest absolute Gasteiger partial charge is 0.322 e. The molecule has 0 aliphatic carbocycles. The van der Waals surface area contributed by atoms with Gasteiger partial charge in [0.25, 0.3) is 10.0 Å². The summed E-state index contributed by atoms with van der Waals surface area (Å²) in [6, 6.07) is 0.0544. The lowest BCUT2D eigenvalue weighted by molar-refractivity contribution is -0.140. The zero-order valence-corrected chi connectivity index (χ0v) is 10.4. The molecule has 1 aliphatic rings. The van der Waals surface area contributed by atoms with Gasteiger partial charge in [0.15, 0.2) is 5.03 Å². The standard InChI is InChI=1S/C9H13N3O5S/c1-11-8(2-3-10-11)18(16,17)12-5-6(13)4-7(12)9(14)15/h2-3,6-7,13H,4-5H2,1H3,(H,14,15). The molecule has 1 aliphatic heterocycles. The first kappa shape index (κ1) is 13.0. The highest BCUT2D eigenvalue weighted by Gasteiger charge is 2.44. The van der Waals surface area contributed by atoms with Gasteiger partial charge in [-0.25, -0.2) is 8.42 Å². The van der Waals surface area contributed by atoms with Crippen molar-refractivity contribution in [2.24, 2.45) is 7.05 Å². The molecular formula is C9H13N3O5S. The number of carbonyl (C=O) groups is 1. The van der Waals surface area contributed by atoms with Gasteiger partial charge in [-0.05, 0) is 6.07 Å². The van der Waals surface area contributed by atoms with Crippen molar-refractivity contribution in [1.82, 2.24) is 14.1 Å². The third kappa shape index (κ3) is 2.00. The van der Waals surface area contributed by atoms with E-state index in [1.165, 1.54) is 19.3 Å². The minimum absolute atomic E-state index is 0.0946. The number of aromatic nitrogens is 2. The zero-order chi connectivity index (χ0) is 13.5. The van der Waals surface area contributed by atoms with Crippen molar-refractivity contribution in [3.63, 3.8) is 0 Å². The van der Waals surface area contributed by atoms with Crippen molar-refractivity contribution < 1.29 is 23.4 Å². The predicted molar refractivity (Wildman–Crippen MR) is 59.1 cm³/mol. The van der Waals surface area contributed by atoms with Crippen LogP contribution < -0.4 is 0 Å². The molecule has 9 heteroatoms. The number of carboxylic acid groups (broad SMARTS) is 1. The van der Waals surface area contributed by atoms with Crippen molar-refractivity contribution in [3.05, 3.63) is 12.3 Å². The molecule has 8 nitrogen and oxygen atoms in total. The maximum Gasteiger partial charge on any atom is 0.322 e. The van der Waals surface area contributed by atoms with E-state index in [4.69, 9.17) is 5.11 Å². The number of aliphatic hydroxyl groups is 1. The molecule has 1 aromatic heterocycles. The summed E-state index contributed by atoms with van der Waals surface area (Å²) in [6.07, 6.45) is 0.246. The Balaban J connectivity index is 2.41. The Morgan fingerprint density at radius 1 is 1.56 bits per heavy atom. The van der Waals surface area contributed by atoms with Crippen LogP contribution in [0.3, 0.4) is 0 Å². The summed E-state index contributed by atoms with van der Waals surface area (Å²) < 4.78 is 26.5. The Bertz CT molecular complexity index is 567. The lowest BCUT2D eigenvalue weighted by Crippen LogP contribution is -2.41. The summed E-state index contributed by atoms with van der Waals surface area (Å²) in [6.45, 7) is -0.218. The number of β-amino-alcohol motifs (C(OH)–C–C–N with tert-alkyl or cyclic N) is 1. The lowest BCUT2D eigenvalue weighted by atomic mass is 10.2. The van der Waals surface area contributed by atoms with Gasteiger partial charge in [0.1, 0.15) is 6.04 Å². The Hall–Kier alpha value is -1.45. The van der Waals surface area contributed by atoms with E-state index in [0.29, 0.717) is 0 Å². The number of aryl methyl sites for hydroxylation is 1. The van der Waals surface area contributed by atoms with Crippen molar-refractivity contribution in [2.75, 3.05) is 6.54 Å². The lowest BCUT2D eigenvalue weighted by Gasteiger charge is -2.20. The first-order valence-corrected chi connectivity index (χ1v) is 6.68. The van der Waals surface area contributed by atoms with Crippen LogP contribution >= 0.6 is 0 Å². The van der Waals surface area contributed by atoms with Gasteiger partial charge in [0.05, 0.1) is 12.3 Å². The Kier molecular flexibility index (Phi) is 3.13. The number of aliphatic carboxylic acids is 1. The van der Waals surface area contributed by atoms with E-state index in [9.17, 15) is 18.3 Å². The molecular weight excluding hydrogens is 262 g/mol. The Morgan fingerprint density at radius 2 is 2.22 bits per heavy atom. The van der Waals surface area contributed by atoms with Crippen molar-refractivity contribution in [3.8, 4) is 0 Å². The molecule has 0 amide bonds. The summed E-state index contributed by atoms with van der Waals surface area (Å²) >= 11 is 0. The van der Waals surface area contributed by atoms with E-state index in [-0.39, 0.29) is 18.0 Å². The molecule has 1 aromatic rings. The number of hydrogen-bond donors (Lipinski definition) is 2. The zero-order valence-electron chi connectivity index (χ0n) is 9.59. The van der Waals surface area contributed by atoms with Crippen molar-refractivity contribution >= 4 is 16.0 Å². The van der Waals surface area contributed by atoms with Crippen molar-refractivity contribution in [1.29, 1.82) is 0 Å². The van der Waals surface area contributed by atoms with E-state index in [1.54, 1.807) is 0 Å². The number of nitrogens with zero attached hydrogens (tertiary/aromatic N) is 3. The highest BCUT2D eigenvalue weighted by molar-refractivity contribution is 7.89. The van der Waals surface area contributed by atoms with Gasteiger partial charge in [-0.3, -0.25) is 9.48 Å². The summed E-state index contributed by atoms with van der Waals surface area (Å²) in [4.78, 5) is 11.0. The number of rotatable bonds is 3. The number of sulfonamides is 1. The second-order valence-electron chi connectivity index (χ2n) is 4.11. The number of aliphatic hydroxyl groups excluding tert-OH is 1. The van der Waals surface area contributed by atoms with Gasteiger partial charge >= 0.3 is 5.97 Å². The van der Waals surface area contributed by atoms with Gasteiger partial charge < -0.3 is 10.2 Å². The third-order valence-corrected chi connectivity index (χ3v) is 4.82. The molecule has 0 bridgehead atoms. The maximum absolute atomic E-state index is 12.3. The van der Waals surface area contributed by atoms with Gasteiger partial charge in [-0.2, -0.15) is 9.40 Å². The van der Waals surface area contributed by atoms with E-state index in [0.717, 1.165) is 8.99 Å². The maximum atomic E-state index is 12.3. The summed E-state index contributed by atoms with van der Waals surface area (Å²) in [5, 5.41) is 22.1. The van der Waals surface area contributed by atoms with Gasteiger partial charge in [0, 0.05) is 20.0 Å².